The van der Waals surface area contributed by atoms with Crippen LogP contribution >= 0.6 is 11.3 Å². The average Bonchev–Trinajstić information content (AvgIpc) is 3.06. The van der Waals surface area contributed by atoms with Crippen molar-refractivity contribution in [2.24, 2.45) is 0 Å². The van der Waals surface area contributed by atoms with E-state index in [4.69, 9.17) is 4.52 Å². The van der Waals surface area contributed by atoms with Gasteiger partial charge in [0.15, 0.2) is 0 Å². The van der Waals surface area contributed by atoms with Crippen molar-refractivity contribution in [3.05, 3.63) is 28.5 Å². The Morgan fingerprint density at radius 3 is 2.65 bits per heavy atom. The van der Waals surface area contributed by atoms with E-state index < -0.39 is 0 Å². The molecule has 1 amide bonds. The van der Waals surface area contributed by atoms with Gasteiger partial charge in [0.25, 0.3) is 5.91 Å². The Morgan fingerprint density at radius 1 is 1.25 bits per heavy atom. The van der Waals surface area contributed by atoms with Gasteiger partial charge in [0, 0.05) is 18.0 Å². The number of piperidine rings is 1. The van der Waals surface area contributed by atoms with Gasteiger partial charge in [-0.1, -0.05) is 5.16 Å². The van der Waals surface area contributed by atoms with Crippen LogP contribution in [-0.4, -0.2) is 29.1 Å². The lowest BCUT2D eigenvalue weighted by Crippen LogP contribution is -2.35. The monoisotopic (exact) mass is 290 g/mol. The number of rotatable bonds is 2. The Labute approximate surface area is 122 Å². The van der Waals surface area contributed by atoms with Gasteiger partial charge in [0.2, 0.25) is 0 Å². The van der Waals surface area contributed by atoms with Crippen LogP contribution in [0, 0.1) is 13.8 Å². The summed E-state index contributed by atoms with van der Waals surface area (Å²) in [5.74, 6) is 0.967. The van der Waals surface area contributed by atoms with Crippen molar-refractivity contribution in [3.8, 4) is 10.4 Å². The van der Waals surface area contributed by atoms with E-state index in [9.17, 15) is 4.79 Å². The molecule has 0 N–H and O–H groups in total. The zero-order valence-electron chi connectivity index (χ0n) is 11.8. The molecule has 5 heteroatoms. The van der Waals surface area contributed by atoms with Gasteiger partial charge in [-0.3, -0.25) is 4.79 Å². The number of hydrogen-bond acceptors (Lipinski definition) is 4. The molecule has 4 nitrogen and oxygen atoms in total. The summed E-state index contributed by atoms with van der Waals surface area (Å²) in [6.07, 6.45) is 3.47. The van der Waals surface area contributed by atoms with Crippen molar-refractivity contribution in [1.82, 2.24) is 10.1 Å². The van der Waals surface area contributed by atoms with Gasteiger partial charge in [-0.25, -0.2) is 0 Å². The highest BCUT2D eigenvalue weighted by Gasteiger charge is 2.21. The van der Waals surface area contributed by atoms with Crippen LogP contribution in [0.2, 0.25) is 0 Å². The summed E-state index contributed by atoms with van der Waals surface area (Å²) < 4.78 is 5.20. The number of carbonyl (C=O) groups is 1. The Morgan fingerprint density at radius 2 is 2.00 bits per heavy atom. The van der Waals surface area contributed by atoms with Crippen LogP contribution in [0.25, 0.3) is 10.4 Å². The summed E-state index contributed by atoms with van der Waals surface area (Å²) in [5.41, 5.74) is 1.90. The maximum atomic E-state index is 12.4. The quantitative estimate of drug-likeness (QED) is 0.848. The summed E-state index contributed by atoms with van der Waals surface area (Å²) in [6, 6.07) is 3.91. The van der Waals surface area contributed by atoms with Crippen molar-refractivity contribution < 1.29 is 9.32 Å². The molecule has 2 aromatic rings. The minimum absolute atomic E-state index is 0.160. The predicted octanol–water partition coefficient (Wildman–Crippen LogP) is 3.65. The normalized spacial score (nSPS) is 15.6. The summed E-state index contributed by atoms with van der Waals surface area (Å²) in [7, 11) is 0. The molecule has 0 radical (unpaired) electrons. The number of aromatic nitrogens is 1. The smallest absolute Gasteiger partial charge is 0.263 e. The molecule has 3 heterocycles. The number of thiophene rings is 1. The van der Waals surface area contributed by atoms with E-state index in [1.807, 2.05) is 30.9 Å². The van der Waals surface area contributed by atoms with Gasteiger partial charge in [0.05, 0.1) is 16.1 Å². The highest BCUT2D eigenvalue weighted by atomic mass is 32.1. The Hall–Kier alpha value is -1.62. The van der Waals surface area contributed by atoms with E-state index >= 15 is 0 Å². The molecule has 0 unspecified atom stereocenters. The molecule has 1 aliphatic heterocycles. The fraction of sp³-hybridized carbons (Fsp3) is 0.467. The first-order valence-corrected chi connectivity index (χ1v) is 7.81. The number of carbonyl (C=O) groups excluding carboxylic acids is 1. The van der Waals surface area contributed by atoms with Crippen molar-refractivity contribution in [1.29, 1.82) is 0 Å². The second kappa shape index (κ2) is 5.40. The second-order valence-electron chi connectivity index (χ2n) is 5.22. The van der Waals surface area contributed by atoms with Crippen LogP contribution in [0.4, 0.5) is 0 Å². The highest BCUT2D eigenvalue weighted by molar-refractivity contribution is 7.17. The molecular formula is C15H18N2O2S. The van der Waals surface area contributed by atoms with Gasteiger partial charge in [0.1, 0.15) is 5.76 Å². The minimum atomic E-state index is 0.160. The van der Waals surface area contributed by atoms with E-state index in [0.717, 1.165) is 52.7 Å². The van der Waals surface area contributed by atoms with Crippen LogP contribution in [0.3, 0.4) is 0 Å². The topological polar surface area (TPSA) is 46.3 Å². The van der Waals surface area contributed by atoms with Crippen LogP contribution in [-0.2, 0) is 0 Å². The van der Waals surface area contributed by atoms with Crippen molar-refractivity contribution in [2.75, 3.05) is 13.1 Å². The number of hydrogen-bond donors (Lipinski definition) is 0. The number of nitrogens with zero attached hydrogens (tertiary/aromatic N) is 2. The molecule has 0 saturated carbocycles. The third-order valence-electron chi connectivity index (χ3n) is 3.74. The standard InChI is InChI=1S/C15H18N2O2S/c1-10-14(11(2)19-16-10)12-6-7-13(20-12)15(18)17-8-4-3-5-9-17/h6-7H,3-5,8-9H2,1-2H3. The van der Waals surface area contributed by atoms with Gasteiger partial charge >= 0.3 is 0 Å². The molecule has 0 spiro atoms. The number of aryl methyl sites for hydroxylation is 2. The summed E-state index contributed by atoms with van der Waals surface area (Å²) in [4.78, 5) is 16.3. The van der Waals surface area contributed by atoms with E-state index in [2.05, 4.69) is 5.16 Å². The zero-order chi connectivity index (χ0) is 14.1. The molecule has 20 heavy (non-hydrogen) atoms. The van der Waals surface area contributed by atoms with E-state index in [-0.39, 0.29) is 5.91 Å². The zero-order valence-corrected chi connectivity index (χ0v) is 12.6. The van der Waals surface area contributed by atoms with Gasteiger partial charge in [-0.2, -0.15) is 0 Å². The van der Waals surface area contributed by atoms with Crippen molar-refractivity contribution in [2.45, 2.75) is 33.1 Å². The molecule has 1 aliphatic rings. The van der Waals surface area contributed by atoms with Gasteiger partial charge in [-0.05, 0) is 45.2 Å². The lowest BCUT2D eigenvalue weighted by atomic mass is 10.1. The summed E-state index contributed by atoms with van der Waals surface area (Å²) in [5, 5.41) is 3.97. The molecule has 2 aromatic heterocycles. The molecule has 0 aromatic carbocycles. The van der Waals surface area contributed by atoms with E-state index in [0.29, 0.717) is 0 Å². The fourth-order valence-electron chi connectivity index (χ4n) is 2.67. The average molecular weight is 290 g/mol. The van der Waals surface area contributed by atoms with E-state index in [1.54, 1.807) is 0 Å². The third kappa shape index (κ3) is 2.38. The van der Waals surface area contributed by atoms with Gasteiger partial charge in [-0.15, -0.1) is 11.3 Å². The van der Waals surface area contributed by atoms with Crippen LogP contribution in [0.15, 0.2) is 16.7 Å². The largest absolute Gasteiger partial charge is 0.361 e. The van der Waals surface area contributed by atoms with Crippen molar-refractivity contribution in [3.63, 3.8) is 0 Å². The predicted molar refractivity (Wildman–Crippen MR) is 79.0 cm³/mol. The molecule has 0 atom stereocenters. The molecule has 106 valence electrons. The Kier molecular flexibility index (Phi) is 3.61. The number of amides is 1. The molecule has 0 bridgehead atoms. The molecule has 1 saturated heterocycles. The first-order valence-electron chi connectivity index (χ1n) is 6.99. The maximum absolute atomic E-state index is 12.4. The molecule has 0 aliphatic carbocycles. The summed E-state index contributed by atoms with van der Waals surface area (Å²) in [6.45, 7) is 5.60. The number of likely N-dealkylation sites (tertiary alicyclic amines) is 1. The Balaban J connectivity index is 1.85. The maximum Gasteiger partial charge on any atom is 0.263 e. The molecule has 1 fully saturated rings. The van der Waals surface area contributed by atoms with Gasteiger partial charge < -0.3 is 9.42 Å². The van der Waals surface area contributed by atoms with Crippen LogP contribution < -0.4 is 0 Å². The Bertz CT molecular complexity index is 604. The SMILES string of the molecule is Cc1noc(C)c1-c1ccc(C(=O)N2CCCCC2)s1. The molecule has 3 rings (SSSR count). The van der Waals surface area contributed by atoms with Crippen LogP contribution in [0.5, 0.6) is 0 Å². The minimum Gasteiger partial charge on any atom is -0.361 e. The lowest BCUT2D eigenvalue weighted by molar-refractivity contribution is 0.0729. The fourth-order valence-corrected chi connectivity index (χ4v) is 3.79. The third-order valence-corrected chi connectivity index (χ3v) is 4.83. The van der Waals surface area contributed by atoms with Crippen LogP contribution in [0.1, 0.15) is 40.4 Å². The van der Waals surface area contributed by atoms with E-state index in [1.165, 1.54) is 17.8 Å². The van der Waals surface area contributed by atoms with Crippen molar-refractivity contribution >= 4 is 17.2 Å². The lowest BCUT2D eigenvalue weighted by Gasteiger charge is -2.26. The first-order chi connectivity index (χ1) is 9.66. The summed E-state index contributed by atoms with van der Waals surface area (Å²) >= 11 is 1.53. The second-order valence-corrected chi connectivity index (χ2v) is 6.30. The highest BCUT2D eigenvalue weighted by Crippen LogP contribution is 2.33. The molecular weight excluding hydrogens is 272 g/mol. The first kappa shape index (κ1) is 13.4.